The Kier molecular flexibility index (Phi) is 8.98. The van der Waals surface area contributed by atoms with Crippen LogP contribution in [0.15, 0.2) is 71.8 Å². The lowest BCUT2D eigenvalue weighted by atomic mass is 10.2. The molecule has 0 unspecified atom stereocenters. The van der Waals surface area contributed by atoms with Crippen molar-refractivity contribution in [2.75, 3.05) is 6.61 Å². The molecule has 33 heavy (non-hydrogen) atoms. The molecule has 1 N–H and O–H groups in total. The third-order valence-electron chi connectivity index (χ3n) is 4.44. The number of carbonyl (C=O) groups is 1. The Hall–Kier alpha value is -3.22. The van der Waals surface area contributed by atoms with Crippen molar-refractivity contribution in [1.82, 2.24) is 5.43 Å². The van der Waals surface area contributed by atoms with E-state index in [1.807, 2.05) is 37.3 Å². The molecule has 1 atom stereocenters. The van der Waals surface area contributed by atoms with Gasteiger partial charge >= 0.3 is 0 Å². The van der Waals surface area contributed by atoms with Gasteiger partial charge in [0.05, 0.1) is 12.8 Å². The molecule has 3 aromatic carbocycles. The van der Waals surface area contributed by atoms with Gasteiger partial charge in [-0.15, -0.1) is 0 Å². The number of halogens is 2. The number of nitrogens with one attached hydrogen (secondary N) is 1. The quantitative estimate of drug-likeness (QED) is 0.286. The summed E-state index contributed by atoms with van der Waals surface area (Å²) in [5.41, 5.74) is 4.20. The summed E-state index contributed by atoms with van der Waals surface area (Å²) in [6.07, 6.45) is 0.776. The fourth-order valence-corrected chi connectivity index (χ4v) is 3.10. The lowest BCUT2D eigenvalue weighted by Gasteiger charge is -2.13. The molecule has 0 saturated carbocycles. The standard InChI is InChI=1S/C25H24Cl2N2O4/c1-3-31-24-13-19(9-12-23(24)32-16-18-7-10-20(26)11-8-18)15-28-29-25(30)17(2)33-22-6-4-5-21(27)14-22/h4-15,17H,3,16H2,1-2H3,(H,29,30)/b28-15-/t17-/m1/s1. The van der Waals surface area contributed by atoms with E-state index >= 15 is 0 Å². The molecule has 3 rings (SSSR count). The molecule has 0 radical (unpaired) electrons. The lowest BCUT2D eigenvalue weighted by Crippen LogP contribution is -2.33. The first kappa shape index (κ1) is 24.4. The van der Waals surface area contributed by atoms with Gasteiger partial charge < -0.3 is 14.2 Å². The molecule has 3 aromatic rings. The Labute approximate surface area is 203 Å². The summed E-state index contributed by atoms with van der Waals surface area (Å²) in [5.74, 6) is 1.31. The van der Waals surface area contributed by atoms with Crippen LogP contribution in [0.1, 0.15) is 25.0 Å². The highest BCUT2D eigenvalue weighted by Gasteiger charge is 2.14. The normalized spacial score (nSPS) is 11.8. The monoisotopic (exact) mass is 486 g/mol. The molecule has 0 saturated heterocycles. The first-order valence-corrected chi connectivity index (χ1v) is 11.1. The van der Waals surface area contributed by atoms with E-state index in [9.17, 15) is 4.79 Å². The van der Waals surface area contributed by atoms with Crippen LogP contribution in [0.4, 0.5) is 0 Å². The molecule has 172 valence electrons. The van der Waals surface area contributed by atoms with Gasteiger partial charge in [-0.2, -0.15) is 5.10 Å². The van der Waals surface area contributed by atoms with Gasteiger partial charge in [0.2, 0.25) is 0 Å². The first-order chi connectivity index (χ1) is 15.9. The van der Waals surface area contributed by atoms with Gasteiger partial charge in [-0.1, -0.05) is 41.4 Å². The minimum Gasteiger partial charge on any atom is -0.490 e. The zero-order chi connectivity index (χ0) is 23.6. The number of nitrogens with zero attached hydrogens (tertiary/aromatic N) is 1. The van der Waals surface area contributed by atoms with Gasteiger partial charge in [0.1, 0.15) is 12.4 Å². The van der Waals surface area contributed by atoms with E-state index in [0.29, 0.717) is 40.5 Å². The molecule has 6 nitrogen and oxygen atoms in total. The second-order valence-corrected chi connectivity index (χ2v) is 7.88. The Balaban J connectivity index is 1.58. The Bertz CT molecular complexity index is 1100. The van der Waals surface area contributed by atoms with Crippen LogP contribution in [-0.2, 0) is 11.4 Å². The zero-order valence-electron chi connectivity index (χ0n) is 18.3. The summed E-state index contributed by atoms with van der Waals surface area (Å²) in [6.45, 7) is 4.38. The topological polar surface area (TPSA) is 69.2 Å². The molecule has 0 spiro atoms. The lowest BCUT2D eigenvalue weighted by molar-refractivity contribution is -0.127. The molecule has 0 aromatic heterocycles. The van der Waals surface area contributed by atoms with Crippen LogP contribution in [0.2, 0.25) is 10.0 Å². The molecule has 0 aliphatic heterocycles. The highest BCUT2D eigenvalue weighted by Crippen LogP contribution is 2.29. The summed E-state index contributed by atoms with van der Waals surface area (Å²) in [7, 11) is 0. The fraction of sp³-hybridized carbons (Fsp3) is 0.200. The number of hydrogen-bond acceptors (Lipinski definition) is 5. The number of hydrazone groups is 1. The van der Waals surface area contributed by atoms with E-state index in [-0.39, 0.29) is 5.91 Å². The number of hydrogen-bond donors (Lipinski definition) is 1. The summed E-state index contributed by atoms with van der Waals surface area (Å²) in [4.78, 5) is 12.3. The number of rotatable bonds is 10. The maximum Gasteiger partial charge on any atom is 0.280 e. The molecular weight excluding hydrogens is 463 g/mol. The molecule has 1 amide bonds. The van der Waals surface area contributed by atoms with E-state index in [4.69, 9.17) is 37.4 Å². The van der Waals surface area contributed by atoms with Gasteiger partial charge in [-0.3, -0.25) is 4.79 Å². The smallest absolute Gasteiger partial charge is 0.280 e. The van der Waals surface area contributed by atoms with Crippen molar-refractivity contribution in [3.63, 3.8) is 0 Å². The highest BCUT2D eigenvalue weighted by molar-refractivity contribution is 6.30. The molecule has 0 aliphatic carbocycles. The van der Waals surface area contributed by atoms with Crippen LogP contribution in [0, 0.1) is 0 Å². The number of benzene rings is 3. The minimum absolute atomic E-state index is 0.380. The predicted octanol–water partition coefficient (Wildman–Crippen LogP) is 5.89. The molecule has 8 heteroatoms. The van der Waals surface area contributed by atoms with Crippen LogP contribution in [0.25, 0.3) is 0 Å². The predicted molar refractivity (Wildman–Crippen MR) is 131 cm³/mol. The Morgan fingerprint density at radius 1 is 1.00 bits per heavy atom. The number of amides is 1. The van der Waals surface area contributed by atoms with E-state index < -0.39 is 6.10 Å². The first-order valence-electron chi connectivity index (χ1n) is 10.3. The second-order valence-electron chi connectivity index (χ2n) is 7.01. The SMILES string of the molecule is CCOc1cc(/C=N\NC(=O)[C@@H](C)Oc2cccc(Cl)c2)ccc1OCc1ccc(Cl)cc1. The van der Waals surface area contributed by atoms with Gasteiger partial charge in [0.25, 0.3) is 5.91 Å². The van der Waals surface area contributed by atoms with Crippen LogP contribution >= 0.6 is 23.2 Å². The summed E-state index contributed by atoms with van der Waals surface area (Å²) in [5, 5.41) is 5.22. The third kappa shape index (κ3) is 7.70. The largest absolute Gasteiger partial charge is 0.490 e. The highest BCUT2D eigenvalue weighted by atomic mass is 35.5. The van der Waals surface area contributed by atoms with E-state index in [1.54, 1.807) is 43.3 Å². The molecule has 0 bridgehead atoms. The minimum atomic E-state index is -0.747. The van der Waals surface area contributed by atoms with Crippen molar-refractivity contribution in [2.45, 2.75) is 26.6 Å². The Morgan fingerprint density at radius 3 is 2.52 bits per heavy atom. The van der Waals surface area contributed by atoms with Crippen LogP contribution < -0.4 is 19.6 Å². The maximum atomic E-state index is 12.3. The fourth-order valence-electron chi connectivity index (χ4n) is 2.79. The number of carbonyl (C=O) groups excluding carboxylic acids is 1. The van der Waals surface area contributed by atoms with E-state index in [0.717, 1.165) is 11.1 Å². The number of ether oxygens (including phenoxy) is 3. The van der Waals surface area contributed by atoms with Gasteiger partial charge in [-0.25, -0.2) is 5.43 Å². The molecule has 0 heterocycles. The third-order valence-corrected chi connectivity index (χ3v) is 4.93. The molecular formula is C25H24Cl2N2O4. The van der Waals surface area contributed by atoms with Gasteiger partial charge in [0, 0.05) is 10.0 Å². The average molecular weight is 487 g/mol. The zero-order valence-corrected chi connectivity index (χ0v) is 19.8. The van der Waals surface area contributed by atoms with Gasteiger partial charge in [-0.05, 0) is 73.5 Å². The van der Waals surface area contributed by atoms with Crippen molar-refractivity contribution in [1.29, 1.82) is 0 Å². The second kappa shape index (κ2) is 12.1. The van der Waals surface area contributed by atoms with Gasteiger partial charge in [0.15, 0.2) is 17.6 Å². The Morgan fingerprint density at radius 2 is 1.79 bits per heavy atom. The van der Waals surface area contributed by atoms with E-state index in [1.165, 1.54) is 6.21 Å². The summed E-state index contributed by atoms with van der Waals surface area (Å²) in [6, 6.07) is 19.7. The van der Waals surface area contributed by atoms with Crippen molar-refractivity contribution in [3.05, 3.63) is 87.9 Å². The van der Waals surface area contributed by atoms with E-state index in [2.05, 4.69) is 10.5 Å². The van der Waals surface area contributed by atoms with Crippen molar-refractivity contribution < 1.29 is 19.0 Å². The molecule has 0 aliphatic rings. The van der Waals surface area contributed by atoms with Crippen LogP contribution in [-0.4, -0.2) is 24.8 Å². The summed E-state index contributed by atoms with van der Waals surface area (Å²) >= 11 is 11.9. The van der Waals surface area contributed by atoms with Crippen molar-refractivity contribution in [3.8, 4) is 17.2 Å². The molecule has 0 fully saturated rings. The average Bonchev–Trinajstić information content (AvgIpc) is 2.80. The van der Waals surface area contributed by atoms with Crippen LogP contribution in [0.5, 0.6) is 17.2 Å². The summed E-state index contributed by atoms with van der Waals surface area (Å²) < 4.78 is 17.2. The van der Waals surface area contributed by atoms with Crippen LogP contribution in [0.3, 0.4) is 0 Å². The van der Waals surface area contributed by atoms with Crippen molar-refractivity contribution in [2.24, 2.45) is 5.10 Å². The van der Waals surface area contributed by atoms with Crippen molar-refractivity contribution >= 4 is 35.3 Å². The maximum absolute atomic E-state index is 12.3.